The smallest absolute Gasteiger partial charge is 0.220 e. The molecule has 0 aromatic heterocycles. The van der Waals surface area contributed by atoms with Crippen LogP contribution in [0.25, 0.3) is 0 Å². The number of hydrogen-bond acceptors (Lipinski definition) is 4. The Balaban J connectivity index is 3.46. The molecule has 3 unspecified atom stereocenters. The van der Waals surface area contributed by atoms with Crippen LogP contribution in [0, 0.1) is 0 Å². The van der Waals surface area contributed by atoms with Crippen LogP contribution in [-0.4, -0.2) is 46.1 Å². The standard InChI is InChI=1S/C60H117NO4/c1-3-5-7-9-11-13-15-17-19-21-22-23-24-25-26-27-28-29-30-31-32-33-34-35-36-37-38-39-41-43-45-47-49-51-53-55-59(64)61-57(56-62)60(65)58(63)54-52-50-48-46-44-42-40-20-18-16-14-12-10-8-6-4-2/h20,40,46,48,57-58,60,62-63,65H,3-19,21-39,41-45,47,49-56H2,1-2H3,(H,61,64)/b40-20+,48-46+. The third kappa shape index (κ3) is 50.5. The second-order valence-electron chi connectivity index (χ2n) is 20.5. The zero-order valence-corrected chi connectivity index (χ0v) is 44.1. The van der Waals surface area contributed by atoms with Crippen molar-refractivity contribution in [1.82, 2.24) is 5.32 Å². The Morgan fingerprint density at radius 2 is 0.631 bits per heavy atom. The first-order valence-corrected chi connectivity index (χ1v) is 29.6. The van der Waals surface area contributed by atoms with Gasteiger partial charge < -0.3 is 20.6 Å². The SMILES string of the molecule is CCCCCCCCC/C=C/CC/C=C/CCCC(O)C(O)C(CO)NC(=O)CCCCCCCCCCCCCCCCCCCCCCCCCCCCCCCCCCCCC. The lowest BCUT2D eigenvalue weighted by Crippen LogP contribution is -2.50. The summed E-state index contributed by atoms with van der Waals surface area (Å²) in [5, 5.41) is 33.7. The Morgan fingerprint density at radius 1 is 0.369 bits per heavy atom. The molecule has 0 aliphatic rings. The van der Waals surface area contributed by atoms with Gasteiger partial charge in [-0.25, -0.2) is 0 Å². The van der Waals surface area contributed by atoms with Crippen LogP contribution in [0.4, 0.5) is 0 Å². The number of carbonyl (C=O) groups is 1. The van der Waals surface area contributed by atoms with Gasteiger partial charge in [0.25, 0.3) is 0 Å². The molecule has 65 heavy (non-hydrogen) atoms. The average Bonchev–Trinajstić information content (AvgIpc) is 3.31. The van der Waals surface area contributed by atoms with E-state index in [1.54, 1.807) is 0 Å². The van der Waals surface area contributed by atoms with Crippen molar-refractivity contribution in [2.75, 3.05) is 6.61 Å². The minimum Gasteiger partial charge on any atom is -0.394 e. The maximum absolute atomic E-state index is 12.5. The summed E-state index contributed by atoms with van der Waals surface area (Å²) in [4.78, 5) is 12.5. The number of rotatable bonds is 55. The number of allylic oxidation sites excluding steroid dienone is 4. The highest BCUT2D eigenvalue weighted by atomic mass is 16.3. The number of nitrogens with one attached hydrogen (secondary N) is 1. The van der Waals surface area contributed by atoms with Gasteiger partial charge in [-0.3, -0.25) is 4.79 Å². The normalized spacial score (nSPS) is 13.4. The molecule has 1 amide bonds. The molecule has 0 aliphatic carbocycles. The summed E-state index contributed by atoms with van der Waals surface area (Å²) in [5.41, 5.74) is 0. The van der Waals surface area contributed by atoms with E-state index in [0.29, 0.717) is 12.8 Å². The van der Waals surface area contributed by atoms with Gasteiger partial charge in [-0.05, 0) is 51.4 Å². The molecule has 0 spiro atoms. The molecule has 0 aromatic rings. The summed E-state index contributed by atoms with van der Waals surface area (Å²) in [6, 6.07) is -0.830. The van der Waals surface area contributed by atoms with E-state index in [9.17, 15) is 20.1 Å². The Labute approximate surface area is 407 Å². The van der Waals surface area contributed by atoms with Crippen LogP contribution in [0.15, 0.2) is 24.3 Å². The van der Waals surface area contributed by atoms with Crippen LogP contribution >= 0.6 is 0 Å². The van der Waals surface area contributed by atoms with Crippen molar-refractivity contribution in [2.45, 2.75) is 347 Å². The van der Waals surface area contributed by atoms with Crippen LogP contribution in [0.1, 0.15) is 328 Å². The number of carbonyl (C=O) groups excluding carboxylic acids is 1. The molecule has 4 N–H and O–H groups in total. The van der Waals surface area contributed by atoms with E-state index in [2.05, 4.69) is 43.5 Å². The van der Waals surface area contributed by atoms with Crippen LogP contribution in [0.5, 0.6) is 0 Å². The lowest BCUT2D eigenvalue weighted by atomic mass is 10.0. The summed E-state index contributed by atoms with van der Waals surface area (Å²) in [6.45, 7) is 4.19. The fourth-order valence-electron chi connectivity index (χ4n) is 9.48. The summed E-state index contributed by atoms with van der Waals surface area (Å²) in [6.07, 6.45) is 70.8. The van der Waals surface area contributed by atoms with Crippen molar-refractivity contribution in [3.8, 4) is 0 Å². The second-order valence-corrected chi connectivity index (χ2v) is 20.5. The molecule has 5 heteroatoms. The molecule has 0 saturated carbocycles. The average molecular weight is 917 g/mol. The molecule has 0 heterocycles. The van der Waals surface area contributed by atoms with Gasteiger partial charge in [0.1, 0.15) is 6.10 Å². The highest BCUT2D eigenvalue weighted by Gasteiger charge is 2.26. The Hall–Kier alpha value is -1.17. The topological polar surface area (TPSA) is 89.8 Å². The molecule has 0 fully saturated rings. The van der Waals surface area contributed by atoms with Gasteiger partial charge in [0.15, 0.2) is 0 Å². The third-order valence-electron chi connectivity index (χ3n) is 14.0. The number of aliphatic hydroxyl groups excluding tert-OH is 3. The number of hydrogen-bond donors (Lipinski definition) is 4. The third-order valence-corrected chi connectivity index (χ3v) is 14.0. The largest absolute Gasteiger partial charge is 0.394 e. The van der Waals surface area contributed by atoms with Crippen molar-refractivity contribution in [3.05, 3.63) is 24.3 Å². The monoisotopic (exact) mass is 916 g/mol. The Morgan fingerprint density at radius 3 is 0.938 bits per heavy atom. The van der Waals surface area contributed by atoms with Gasteiger partial charge in [0, 0.05) is 6.42 Å². The first-order valence-electron chi connectivity index (χ1n) is 29.6. The van der Waals surface area contributed by atoms with Gasteiger partial charge in [-0.2, -0.15) is 0 Å². The van der Waals surface area contributed by atoms with Crippen LogP contribution < -0.4 is 5.32 Å². The highest BCUT2D eigenvalue weighted by molar-refractivity contribution is 5.76. The second kappa shape index (κ2) is 55.4. The number of aliphatic hydroxyl groups is 3. The molecular formula is C60H117NO4. The van der Waals surface area contributed by atoms with Crippen molar-refractivity contribution >= 4 is 5.91 Å². The quantitative estimate of drug-likeness (QED) is 0.0361. The molecule has 5 nitrogen and oxygen atoms in total. The minimum absolute atomic E-state index is 0.152. The Bertz CT molecular complexity index is 967. The first-order chi connectivity index (χ1) is 32.1. The van der Waals surface area contributed by atoms with E-state index in [4.69, 9.17) is 0 Å². The van der Waals surface area contributed by atoms with Crippen molar-refractivity contribution < 1.29 is 20.1 Å². The highest BCUT2D eigenvalue weighted by Crippen LogP contribution is 2.18. The van der Waals surface area contributed by atoms with E-state index < -0.39 is 18.2 Å². The predicted octanol–water partition coefficient (Wildman–Crippen LogP) is 18.5. The maximum Gasteiger partial charge on any atom is 0.220 e. The van der Waals surface area contributed by atoms with E-state index >= 15 is 0 Å². The summed E-state index contributed by atoms with van der Waals surface area (Å²) in [7, 11) is 0. The van der Waals surface area contributed by atoms with E-state index in [0.717, 1.165) is 44.9 Å². The molecule has 0 rings (SSSR count). The van der Waals surface area contributed by atoms with Crippen molar-refractivity contribution in [3.63, 3.8) is 0 Å². The molecular weight excluding hydrogens is 799 g/mol. The molecule has 0 aromatic carbocycles. The van der Waals surface area contributed by atoms with E-state index in [1.165, 1.54) is 257 Å². The van der Waals surface area contributed by atoms with E-state index in [1.807, 2.05) is 0 Å². The lowest BCUT2D eigenvalue weighted by molar-refractivity contribution is -0.124. The van der Waals surface area contributed by atoms with Gasteiger partial charge >= 0.3 is 0 Å². The maximum atomic E-state index is 12.5. The van der Waals surface area contributed by atoms with E-state index in [-0.39, 0.29) is 12.5 Å². The zero-order chi connectivity index (χ0) is 47.2. The van der Waals surface area contributed by atoms with Crippen LogP contribution in [0.2, 0.25) is 0 Å². The molecule has 0 aliphatic heterocycles. The first kappa shape index (κ1) is 63.8. The number of amides is 1. The molecule has 386 valence electrons. The summed E-state index contributed by atoms with van der Waals surface area (Å²) < 4.78 is 0. The number of unbranched alkanes of at least 4 members (excludes halogenated alkanes) is 43. The Kier molecular flexibility index (Phi) is 54.4. The van der Waals surface area contributed by atoms with Crippen LogP contribution in [-0.2, 0) is 4.79 Å². The molecule has 3 atom stereocenters. The minimum atomic E-state index is -1.16. The molecule has 0 saturated heterocycles. The zero-order valence-electron chi connectivity index (χ0n) is 44.1. The van der Waals surface area contributed by atoms with Crippen molar-refractivity contribution in [2.24, 2.45) is 0 Å². The summed E-state index contributed by atoms with van der Waals surface area (Å²) >= 11 is 0. The van der Waals surface area contributed by atoms with Gasteiger partial charge in [0.2, 0.25) is 5.91 Å². The van der Waals surface area contributed by atoms with Crippen molar-refractivity contribution in [1.29, 1.82) is 0 Å². The molecule has 0 bridgehead atoms. The lowest BCUT2D eigenvalue weighted by Gasteiger charge is -2.26. The summed E-state index contributed by atoms with van der Waals surface area (Å²) in [5.74, 6) is -0.152. The van der Waals surface area contributed by atoms with Gasteiger partial charge in [-0.1, -0.05) is 295 Å². The van der Waals surface area contributed by atoms with Gasteiger partial charge in [-0.15, -0.1) is 0 Å². The fraction of sp³-hybridized carbons (Fsp3) is 0.917. The predicted molar refractivity (Wildman–Crippen MR) is 287 cm³/mol. The van der Waals surface area contributed by atoms with Crippen LogP contribution in [0.3, 0.4) is 0 Å². The fourth-order valence-corrected chi connectivity index (χ4v) is 9.48. The van der Waals surface area contributed by atoms with Gasteiger partial charge in [0.05, 0.1) is 18.8 Å². The molecule has 0 radical (unpaired) electrons.